The number of hydrogen-bond acceptors (Lipinski definition) is 6. The Labute approximate surface area is 113 Å². The van der Waals surface area contributed by atoms with E-state index >= 15 is 0 Å². The zero-order valence-corrected chi connectivity index (χ0v) is 10.5. The summed E-state index contributed by atoms with van der Waals surface area (Å²) in [7, 11) is 0. The molecule has 2 aromatic heterocycles. The maximum atomic E-state index is 11.9. The molecule has 1 atom stereocenters. The molecule has 0 radical (unpaired) electrons. The molecule has 8 heteroatoms. The van der Waals surface area contributed by atoms with Gasteiger partial charge in [-0.1, -0.05) is 11.2 Å². The van der Waals surface area contributed by atoms with Gasteiger partial charge >= 0.3 is 6.01 Å². The Hall–Kier alpha value is -2.48. The van der Waals surface area contributed by atoms with E-state index in [9.17, 15) is 9.59 Å². The number of rotatable bonds is 3. The fourth-order valence-electron chi connectivity index (χ4n) is 2.07. The maximum Gasteiger partial charge on any atom is 0.322 e. The molecule has 3 N–H and O–H groups in total. The minimum Gasteiger partial charge on any atom is -0.406 e. The molecular weight excluding hydrogens is 262 g/mol. The molecule has 1 aliphatic rings. The van der Waals surface area contributed by atoms with Crippen LogP contribution in [0.4, 0.5) is 6.01 Å². The zero-order chi connectivity index (χ0) is 13.9. The van der Waals surface area contributed by atoms with Gasteiger partial charge in [-0.2, -0.15) is 0 Å². The van der Waals surface area contributed by atoms with Gasteiger partial charge in [0, 0.05) is 6.07 Å². The third kappa shape index (κ3) is 2.59. The molecular formula is C12H13N5O3. The van der Waals surface area contributed by atoms with Gasteiger partial charge < -0.3 is 14.7 Å². The van der Waals surface area contributed by atoms with Crippen LogP contribution in [0, 0.1) is 0 Å². The van der Waals surface area contributed by atoms with Gasteiger partial charge in [-0.05, 0) is 25.5 Å². The highest BCUT2D eigenvalue weighted by molar-refractivity contribution is 6.01. The number of carbonyl (C=O) groups excluding carboxylic acids is 1. The number of carbonyl (C=O) groups is 1. The minimum absolute atomic E-state index is 0.0170. The van der Waals surface area contributed by atoms with Crippen molar-refractivity contribution in [2.75, 3.05) is 11.9 Å². The average Bonchev–Trinajstić information content (AvgIpc) is 3.08. The van der Waals surface area contributed by atoms with Crippen LogP contribution in [0.2, 0.25) is 0 Å². The average molecular weight is 275 g/mol. The lowest BCUT2D eigenvalue weighted by Gasteiger charge is -2.02. The summed E-state index contributed by atoms with van der Waals surface area (Å²) in [4.78, 5) is 25.4. The number of amides is 1. The monoisotopic (exact) mass is 275 g/mol. The maximum absolute atomic E-state index is 11.9. The van der Waals surface area contributed by atoms with Crippen molar-refractivity contribution in [2.24, 2.45) is 0 Å². The topological polar surface area (TPSA) is 113 Å². The lowest BCUT2D eigenvalue weighted by molar-refractivity contribution is 0.101. The summed E-state index contributed by atoms with van der Waals surface area (Å²) in [5, 5.41) is 13.3. The van der Waals surface area contributed by atoms with Gasteiger partial charge in [-0.25, -0.2) is 0 Å². The first kappa shape index (κ1) is 12.5. The Bertz CT molecular complexity index is 671. The highest BCUT2D eigenvalue weighted by Gasteiger charge is 2.22. The Morgan fingerprint density at radius 2 is 2.30 bits per heavy atom. The first-order chi connectivity index (χ1) is 9.72. The molecule has 2 aromatic rings. The summed E-state index contributed by atoms with van der Waals surface area (Å²) in [6.45, 7) is 0.917. The van der Waals surface area contributed by atoms with Crippen molar-refractivity contribution in [3.8, 4) is 0 Å². The number of H-pyrrole nitrogens is 1. The molecule has 1 amide bonds. The SMILES string of the molecule is O=C(Nc1nnc(C2CCCN2)o1)c1cccc(=O)[nH]1. The van der Waals surface area contributed by atoms with Crippen LogP contribution in [0.25, 0.3) is 0 Å². The molecule has 0 spiro atoms. The van der Waals surface area contributed by atoms with Crippen molar-refractivity contribution >= 4 is 11.9 Å². The van der Waals surface area contributed by atoms with E-state index in [1.54, 1.807) is 0 Å². The van der Waals surface area contributed by atoms with Crippen LogP contribution in [0.5, 0.6) is 0 Å². The summed E-state index contributed by atoms with van der Waals surface area (Å²) in [6, 6.07) is 4.38. The van der Waals surface area contributed by atoms with E-state index in [-0.39, 0.29) is 23.3 Å². The van der Waals surface area contributed by atoms with Gasteiger partial charge in [0.15, 0.2) is 0 Å². The second-order valence-corrected chi connectivity index (χ2v) is 4.48. The highest BCUT2D eigenvalue weighted by atomic mass is 16.4. The summed E-state index contributed by atoms with van der Waals surface area (Å²) in [6.07, 6.45) is 1.99. The van der Waals surface area contributed by atoms with Crippen molar-refractivity contribution in [3.63, 3.8) is 0 Å². The minimum atomic E-state index is -0.503. The number of hydrogen-bond donors (Lipinski definition) is 3. The molecule has 0 bridgehead atoms. The summed E-state index contributed by atoms with van der Waals surface area (Å²) in [5.74, 6) is -0.0448. The molecule has 3 heterocycles. The van der Waals surface area contributed by atoms with Crippen molar-refractivity contribution in [1.82, 2.24) is 20.5 Å². The molecule has 0 aromatic carbocycles. The van der Waals surface area contributed by atoms with Gasteiger partial charge in [-0.15, -0.1) is 5.10 Å². The Kier molecular flexibility index (Phi) is 3.30. The number of aromatic amines is 1. The summed E-state index contributed by atoms with van der Waals surface area (Å²) in [5.41, 5.74) is -0.213. The van der Waals surface area contributed by atoms with Crippen molar-refractivity contribution < 1.29 is 9.21 Å². The Balaban J connectivity index is 1.71. The van der Waals surface area contributed by atoms with E-state index < -0.39 is 5.91 Å². The van der Waals surface area contributed by atoms with Crippen LogP contribution < -0.4 is 16.2 Å². The second-order valence-electron chi connectivity index (χ2n) is 4.48. The summed E-state index contributed by atoms with van der Waals surface area (Å²) < 4.78 is 5.38. The highest BCUT2D eigenvalue weighted by Crippen LogP contribution is 2.22. The van der Waals surface area contributed by atoms with E-state index in [4.69, 9.17) is 4.42 Å². The lowest BCUT2D eigenvalue weighted by Crippen LogP contribution is -2.18. The summed E-state index contributed by atoms with van der Waals surface area (Å²) >= 11 is 0. The first-order valence-electron chi connectivity index (χ1n) is 6.30. The number of pyridine rings is 1. The number of anilines is 1. The molecule has 0 aliphatic carbocycles. The number of aromatic nitrogens is 3. The third-order valence-electron chi connectivity index (χ3n) is 3.03. The van der Waals surface area contributed by atoms with Gasteiger partial charge in [0.2, 0.25) is 11.4 Å². The molecule has 8 nitrogen and oxygen atoms in total. The Morgan fingerprint density at radius 3 is 3.05 bits per heavy atom. The first-order valence-corrected chi connectivity index (χ1v) is 6.30. The molecule has 0 saturated carbocycles. The quantitative estimate of drug-likeness (QED) is 0.749. The van der Waals surface area contributed by atoms with Crippen LogP contribution >= 0.6 is 0 Å². The molecule has 1 saturated heterocycles. The molecule has 20 heavy (non-hydrogen) atoms. The standard InChI is InChI=1S/C12H13N5O3/c18-9-5-1-3-7(14-9)10(19)15-12-17-16-11(20-12)8-4-2-6-13-8/h1,3,5,8,13H,2,4,6H2,(H,14,18)(H,15,17,19). The van der Waals surface area contributed by atoms with E-state index in [0.29, 0.717) is 5.89 Å². The van der Waals surface area contributed by atoms with Gasteiger partial charge in [-0.3, -0.25) is 14.9 Å². The Morgan fingerprint density at radius 1 is 1.40 bits per heavy atom. The smallest absolute Gasteiger partial charge is 0.322 e. The van der Waals surface area contributed by atoms with Crippen LogP contribution in [0.1, 0.15) is 35.3 Å². The third-order valence-corrected chi connectivity index (χ3v) is 3.03. The van der Waals surface area contributed by atoms with Crippen LogP contribution in [-0.2, 0) is 0 Å². The molecule has 3 rings (SSSR count). The zero-order valence-electron chi connectivity index (χ0n) is 10.5. The van der Waals surface area contributed by atoms with Gasteiger partial charge in [0.05, 0.1) is 6.04 Å². The largest absolute Gasteiger partial charge is 0.406 e. The predicted molar refractivity (Wildman–Crippen MR) is 69.3 cm³/mol. The van der Waals surface area contributed by atoms with Gasteiger partial charge in [0.25, 0.3) is 5.91 Å². The van der Waals surface area contributed by atoms with Crippen LogP contribution in [-0.4, -0.2) is 27.6 Å². The van der Waals surface area contributed by atoms with Crippen LogP contribution in [0.3, 0.4) is 0 Å². The van der Waals surface area contributed by atoms with Crippen molar-refractivity contribution in [3.05, 3.63) is 40.1 Å². The van der Waals surface area contributed by atoms with E-state index in [1.165, 1.54) is 18.2 Å². The fraction of sp³-hybridized carbons (Fsp3) is 0.333. The second kappa shape index (κ2) is 5.25. The normalized spacial score (nSPS) is 18.1. The van der Waals surface area contributed by atoms with Crippen LogP contribution in [0.15, 0.2) is 27.4 Å². The van der Waals surface area contributed by atoms with Crippen molar-refractivity contribution in [2.45, 2.75) is 18.9 Å². The fourth-order valence-corrected chi connectivity index (χ4v) is 2.07. The van der Waals surface area contributed by atoms with E-state index in [1.807, 2.05) is 0 Å². The lowest BCUT2D eigenvalue weighted by atomic mass is 10.2. The van der Waals surface area contributed by atoms with Crippen molar-refractivity contribution in [1.29, 1.82) is 0 Å². The number of nitrogens with zero attached hydrogens (tertiary/aromatic N) is 2. The number of nitrogens with one attached hydrogen (secondary N) is 3. The molecule has 1 aliphatic heterocycles. The molecule has 1 fully saturated rings. The van der Waals surface area contributed by atoms with Gasteiger partial charge in [0.1, 0.15) is 5.69 Å². The predicted octanol–water partition coefficient (Wildman–Crippen LogP) is 0.435. The van der Waals surface area contributed by atoms with E-state index in [0.717, 1.165) is 19.4 Å². The van der Waals surface area contributed by atoms with E-state index in [2.05, 4.69) is 25.8 Å². The molecule has 104 valence electrons. The molecule has 1 unspecified atom stereocenters.